The van der Waals surface area contributed by atoms with E-state index in [-0.39, 0.29) is 23.9 Å². The van der Waals surface area contributed by atoms with E-state index in [1.807, 2.05) is 19.1 Å². The maximum absolute atomic E-state index is 12.2. The molecule has 0 heterocycles. The molecular formula is C20H26N2O5S. The molecule has 0 unspecified atom stereocenters. The first kappa shape index (κ1) is 21.7. The molecule has 7 nitrogen and oxygen atoms in total. The van der Waals surface area contributed by atoms with Gasteiger partial charge in [-0.25, -0.2) is 13.1 Å². The summed E-state index contributed by atoms with van der Waals surface area (Å²) in [6, 6.07) is 12.1. The van der Waals surface area contributed by atoms with Crippen LogP contribution in [-0.4, -0.2) is 41.6 Å². The van der Waals surface area contributed by atoms with Crippen molar-refractivity contribution in [3.05, 3.63) is 53.6 Å². The van der Waals surface area contributed by atoms with Crippen molar-refractivity contribution in [2.75, 3.05) is 27.3 Å². The Morgan fingerprint density at radius 3 is 2.29 bits per heavy atom. The van der Waals surface area contributed by atoms with E-state index in [0.717, 1.165) is 11.1 Å². The topological polar surface area (TPSA) is 93.7 Å². The van der Waals surface area contributed by atoms with E-state index in [9.17, 15) is 13.2 Å². The monoisotopic (exact) mass is 406 g/mol. The molecule has 2 aromatic rings. The zero-order valence-corrected chi connectivity index (χ0v) is 17.1. The number of methoxy groups -OCH3 is 2. The molecule has 0 aliphatic carbocycles. The van der Waals surface area contributed by atoms with Gasteiger partial charge in [-0.05, 0) is 43.2 Å². The average Bonchev–Trinajstić information content (AvgIpc) is 2.69. The van der Waals surface area contributed by atoms with Crippen molar-refractivity contribution in [2.45, 2.75) is 24.7 Å². The Morgan fingerprint density at radius 2 is 1.64 bits per heavy atom. The Morgan fingerprint density at radius 1 is 0.964 bits per heavy atom. The number of rotatable bonds is 10. The van der Waals surface area contributed by atoms with Crippen LogP contribution in [0.5, 0.6) is 11.5 Å². The Kier molecular flexibility index (Phi) is 7.83. The minimum absolute atomic E-state index is 0.123. The van der Waals surface area contributed by atoms with Gasteiger partial charge in [0.15, 0.2) is 11.5 Å². The lowest BCUT2D eigenvalue weighted by molar-refractivity contribution is -0.121. The molecule has 8 heteroatoms. The first-order chi connectivity index (χ1) is 13.4. The van der Waals surface area contributed by atoms with E-state index < -0.39 is 10.0 Å². The standard InChI is InChI=1S/C20H26N2O5S/c1-15-4-8-17(9-5-15)28(24,25)22-13-12-21-20(23)11-7-16-6-10-18(26-2)19(14-16)27-3/h4-6,8-10,14,22H,7,11-13H2,1-3H3,(H,21,23). The number of carbonyl (C=O) groups is 1. The van der Waals surface area contributed by atoms with Gasteiger partial charge in [-0.15, -0.1) is 0 Å². The second kappa shape index (κ2) is 10.1. The third-order valence-corrected chi connectivity index (χ3v) is 5.64. The molecule has 0 aliphatic rings. The van der Waals surface area contributed by atoms with Gasteiger partial charge in [-0.3, -0.25) is 4.79 Å². The molecule has 0 saturated heterocycles. The van der Waals surface area contributed by atoms with Gasteiger partial charge in [-0.1, -0.05) is 23.8 Å². The SMILES string of the molecule is COc1ccc(CCC(=O)NCCNS(=O)(=O)c2ccc(C)cc2)cc1OC. The molecule has 0 spiro atoms. The van der Waals surface area contributed by atoms with E-state index >= 15 is 0 Å². The molecule has 0 saturated carbocycles. The lowest BCUT2D eigenvalue weighted by Crippen LogP contribution is -2.34. The molecule has 2 aromatic carbocycles. The van der Waals surface area contributed by atoms with Crippen molar-refractivity contribution in [1.29, 1.82) is 0 Å². The van der Waals surface area contributed by atoms with Gasteiger partial charge in [0, 0.05) is 19.5 Å². The molecule has 0 aliphatic heterocycles. The number of nitrogens with one attached hydrogen (secondary N) is 2. The van der Waals surface area contributed by atoms with Gasteiger partial charge < -0.3 is 14.8 Å². The van der Waals surface area contributed by atoms with E-state index in [1.165, 1.54) is 0 Å². The largest absolute Gasteiger partial charge is 0.493 e. The smallest absolute Gasteiger partial charge is 0.240 e. The van der Waals surface area contributed by atoms with Crippen molar-refractivity contribution in [3.63, 3.8) is 0 Å². The van der Waals surface area contributed by atoms with Gasteiger partial charge in [0.25, 0.3) is 0 Å². The van der Waals surface area contributed by atoms with Crippen LogP contribution in [0.3, 0.4) is 0 Å². The number of hydrogen-bond donors (Lipinski definition) is 2. The molecule has 1 amide bonds. The van der Waals surface area contributed by atoms with Gasteiger partial charge in [-0.2, -0.15) is 0 Å². The highest BCUT2D eigenvalue weighted by molar-refractivity contribution is 7.89. The minimum Gasteiger partial charge on any atom is -0.493 e. The van der Waals surface area contributed by atoms with Crippen LogP contribution in [0.15, 0.2) is 47.4 Å². The lowest BCUT2D eigenvalue weighted by atomic mass is 10.1. The number of ether oxygens (including phenoxy) is 2. The average molecular weight is 407 g/mol. The van der Waals surface area contributed by atoms with E-state index in [2.05, 4.69) is 10.0 Å². The number of amides is 1. The maximum atomic E-state index is 12.2. The summed E-state index contributed by atoms with van der Waals surface area (Å²) in [5.74, 6) is 1.10. The molecule has 2 N–H and O–H groups in total. The van der Waals surface area contributed by atoms with Crippen molar-refractivity contribution < 1.29 is 22.7 Å². The second-order valence-corrected chi connectivity index (χ2v) is 8.02. The second-order valence-electron chi connectivity index (χ2n) is 6.25. The van der Waals surface area contributed by atoms with Crippen LogP contribution in [0.1, 0.15) is 17.5 Å². The van der Waals surface area contributed by atoms with E-state index in [4.69, 9.17) is 9.47 Å². The summed E-state index contributed by atoms with van der Waals surface area (Å²) in [6.07, 6.45) is 0.835. The van der Waals surface area contributed by atoms with Gasteiger partial charge in [0.05, 0.1) is 19.1 Å². The molecule has 152 valence electrons. The Hall–Kier alpha value is -2.58. The molecule has 0 bridgehead atoms. The summed E-state index contributed by atoms with van der Waals surface area (Å²) in [4.78, 5) is 12.2. The number of aryl methyl sites for hydroxylation is 2. The Labute approximate surface area is 166 Å². The van der Waals surface area contributed by atoms with Crippen LogP contribution in [-0.2, 0) is 21.2 Å². The molecule has 0 fully saturated rings. The fourth-order valence-corrected chi connectivity index (χ4v) is 3.60. The number of carbonyl (C=O) groups excluding carboxylic acids is 1. The summed E-state index contributed by atoms with van der Waals surface area (Å²) < 4.78 is 37.2. The van der Waals surface area contributed by atoms with Crippen LogP contribution < -0.4 is 19.5 Å². The van der Waals surface area contributed by atoms with Crippen molar-refractivity contribution in [3.8, 4) is 11.5 Å². The number of benzene rings is 2. The quantitative estimate of drug-likeness (QED) is 0.589. The summed E-state index contributed by atoms with van der Waals surface area (Å²) >= 11 is 0. The highest BCUT2D eigenvalue weighted by Gasteiger charge is 2.13. The van der Waals surface area contributed by atoms with Crippen molar-refractivity contribution >= 4 is 15.9 Å². The highest BCUT2D eigenvalue weighted by atomic mass is 32.2. The zero-order valence-electron chi connectivity index (χ0n) is 16.3. The van der Waals surface area contributed by atoms with Crippen LogP contribution in [0, 0.1) is 6.92 Å². The van der Waals surface area contributed by atoms with E-state index in [0.29, 0.717) is 24.3 Å². The van der Waals surface area contributed by atoms with Gasteiger partial charge in [0.2, 0.25) is 15.9 Å². The van der Waals surface area contributed by atoms with Crippen molar-refractivity contribution in [1.82, 2.24) is 10.0 Å². The van der Waals surface area contributed by atoms with E-state index in [1.54, 1.807) is 44.6 Å². The predicted octanol–water partition coefficient (Wildman–Crippen LogP) is 2.04. The highest BCUT2D eigenvalue weighted by Crippen LogP contribution is 2.27. The molecule has 0 atom stereocenters. The molecule has 0 radical (unpaired) electrons. The zero-order chi connectivity index (χ0) is 20.6. The number of sulfonamides is 1. The molecule has 28 heavy (non-hydrogen) atoms. The maximum Gasteiger partial charge on any atom is 0.240 e. The Bertz CT molecular complexity index is 895. The molecule has 2 rings (SSSR count). The van der Waals surface area contributed by atoms with Crippen LogP contribution in [0.25, 0.3) is 0 Å². The van der Waals surface area contributed by atoms with Gasteiger partial charge in [0.1, 0.15) is 0 Å². The number of hydrogen-bond acceptors (Lipinski definition) is 5. The third kappa shape index (κ3) is 6.24. The van der Waals surface area contributed by atoms with Crippen molar-refractivity contribution in [2.24, 2.45) is 0 Å². The van der Waals surface area contributed by atoms with Gasteiger partial charge >= 0.3 is 0 Å². The minimum atomic E-state index is -3.57. The first-order valence-electron chi connectivity index (χ1n) is 8.89. The summed E-state index contributed by atoms with van der Waals surface area (Å²) in [5.41, 5.74) is 1.94. The van der Waals surface area contributed by atoms with Crippen LogP contribution in [0.4, 0.5) is 0 Å². The fourth-order valence-electron chi connectivity index (χ4n) is 2.57. The third-order valence-electron chi connectivity index (χ3n) is 4.16. The predicted molar refractivity (Wildman–Crippen MR) is 107 cm³/mol. The molecule has 0 aromatic heterocycles. The van der Waals surface area contributed by atoms with Crippen LogP contribution >= 0.6 is 0 Å². The summed E-state index contributed by atoms with van der Waals surface area (Å²) in [5, 5.41) is 2.72. The first-order valence-corrected chi connectivity index (χ1v) is 10.4. The summed E-state index contributed by atoms with van der Waals surface area (Å²) in [7, 11) is -0.443. The summed E-state index contributed by atoms with van der Waals surface area (Å²) in [6.45, 7) is 2.23. The Balaban J connectivity index is 1.75. The fraction of sp³-hybridized carbons (Fsp3) is 0.350. The normalized spacial score (nSPS) is 11.1. The lowest BCUT2D eigenvalue weighted by Gasteiger charge is -2.10. The molecular weight excluding hydrogens is 380 g/mol. The van der Waals surface area contributed by atoms with Crippen LogP contribution in [0.2, 0.25) is 0 Å².